The van der Waals surface area contributed by atoms with Gasteiger partial charge in [0.2, 0.25) is 0 Å². The van der Waals surface area contributed by atoms with Gasteiger partial charge in [-0.15, -0.1) is 0 Å². The molecule has 0 N–H and O–H groups in total. The number of hydrogen-bond acceptors (Lipinski definition) is 4. The van der Waals surface area contributed by atoms with Crippen LogP contribution in [0.15, 0.2) is 17.2 Å². The van der Waals surface area contributed by atoms with E-state index in [0.29, 0.717) is 11.4 Å². The topological polar surface area (TPSA) is 67.2 Å². The predicted octanol–water partition coefficient (Wildman–Crippen LogP) is 3.67. The monoisotopic (exact) mass is 305 g/mol. The molecule has 1 saturated heterocycles. The quantitative estimate of drug-likeness (QED) is 0.304. The lowest BCUT2D eigenvalue weighted by molar-refractivity contribution is 0.00578. The smallest absolute Gasteiger partial charge is 0.399 e. The Balaban J connectivity index is 2.50. The lowest BCUT2D eigenvalue weighted by atomic mass is 9.75. The summed E-state index contributed by atoms with van der Waals surface area (Å²) >= 11 is 4.30. The molecule has 2 rings (SSSR count). The van der Waals surface area contributed by atoms with Crippen molar-refractivity contribution in [3.63, 3.8) is 0 Å². The second kappa shape index (κ2) is 5.57. The number of benzene rings is 1. The third-order valence-electron chi connectivity index (χ3n) is 4.32. The maximum Gasteiger partial charge on any atom is 0.495 e. The minimum absolute atomic E-state index is 0.403. The number of rotatable bonds is 3. The minimum atomic E-state index is -0.470. The molecule has 112 valence electrons. The second-order valence-corrected chi connectivity index (χ2v) is 6.58. The summed E-state index contributed by atoms with van der Waals surface area (Å²) in [7, 11) is -0.470. The number of nitrogens with zero attached hydrogens (tertiary/aromatic N) is 3. The SMILES string of the molecule is Cc1c(N=[N+]=[N-])cc(CS)cc1B1OC(C)(C)C(C)(C)O1. The van der Waals surface area contributed by atoms with E-state index in [1.807, 2.05) is 46.8 Å². The molecular weight excluding hydrogens is 285 g/mol. The Morgan fingerprint density at radius 3 is 2.29 bits per heavy atom. The zero-order valence-electron chi connectivity index (χ0n) is 13.0. The lowest BCUT2D eigenvalue weighted by Gasteiger charge is -2.32. The number of hydrogen-bond donors (Lipinski definition) is 1. The highest BCUT2D eigenvalue weighted by molar-refractivity contribution is 7.79. The van der Waals surface area contributed by atoms with Crippen molar-refractivity contribution in [2.75, 3.05) is 0 Å². The van der Waals surface area contributed by atoms with Crippen molar-refractivity contribution in [2.45, 2.75) is 51.6 Å². The average molecular weight is 305 g/mol. The van der Waals surface area contributed by atoms with Crippen molar-refractivity contribution in [3.8, 4) is 0 Å². The molecular formula is C14H20BN3O2S. The van der Waals surface area contributed by atoms with E-state index < -0.39 is 18.3 Å². The third-order valence-corrected chi connectivity index (χ3v) is 4.69. The molecule has 0 spiro atoms. The van der Waals surface area contributed by atoms with Crippen molar-refractivity contribution < 1.29 is 9.31 Å². The van der Waals surface area contributed by atoms with Crippen LogP contribution in [-0.4, -0.2) is 18.3 Å². The van der Waals surface area contributed by atoms with E-state index in [-0.39, 0.29) is 0 Å². The zero-order valence-corrected chi connectivity index (χ0v) is 13.9. The molecule has 0 aromatic heterocycles. The van der Waals surface area contributed by atoms with Crippen LogP contribution < -0.4 is 5.46 Å². The highest BCUT2D eigenvalue weighted by Gasteiger charge is 2.52. The fraction of sp³-hybridized carbons (Fsp3) is 0.571. The van der Waals surface area contributed by atoms with E-state index in [9.17, 15) is 0 Å². The van der Waals surface area contributed by atoms with E-state index in [4.69, 9.17) is 14.8 Å². The van der Waals surface area contributed by atoms with Gasteiger partial charge in [-0.2, -0.15) is 12.6 Å². The first kappa shape index (κ1) is 16.2. The zero-order chi connectivity index (χ0) is 15.8. The van der Waals surface area contributed by atoms with Crippen molar-refractivity contribution >= 4 is 30.9 Å². The first-order valence-electron chi connectivity index (χ1n) is 6.87. The fourth-order valence-electron chi connectivity index (χ4n) is 2.24. The molecule has 7 heteroatoms. The van der Waals surface area contributed by atoms with Gasteiger partial charge in [0, 0.05) is 16.4 Å². The highest BCUT2D eigenvalue weighted by atomic mass is 32.1. The van der Waals surface area contributed by atoms with Crippen LogP contribution in [0.25, 0.3) is 10.4 Å². The Morgan fingerprint density at radius 1 is 1.24 bits per heavy atom. The Hall–Kier alpha value is -1.14. The number of thiol groups is 1. The van der Waals surface area contributed by atoms with Gasteiger partial charge in [-0.25, -0.2) is 0 Å². The van der Waals surface area contributed by atoms with Gasteiger partial charge in [-0.1, -0.05) is 11.2 Å². The summed E-state index contributed by atoms with van der Waals surface area (Å²) in [5.74, 6) is 0.556. The van der Waals surface area contributed by atoms with Crippen molar-refractivity contribution in [1.29, 1.82) is 0 Å². The van der Waals surface area contributed by atoms with E-state index in [2.05, 4.69) is 22.7 Å². The Labute approximate surface area is 131 Å². The van der Waals surface area contributed by atoms with Gasteiger partial charge in [0.25, 0.3) is 0 Å². The molecule has 1 heterocycles. The van der Waals surface area contributed by atoms with Gasteiger partial charge in [-0.05, 0) is 62.8 Å². The second-order valence-electron chi connectivity index (χ2n) is 6.26. The number of azide groups is 1. The summed E-state index contributed by atoms with van der Waals surface area (Å²) < 4.78 is 12.2. The summed E-state index contributed by atoms with van der Waals surface area (Å²) in [6, 6.07) is 3.84. The molecule has 0 unspecified atom stereocenters. The predicted molar refractivity (Wildman–Crippen MR) is 88.4 cm³/mol. The summed E-state index contributed by atoms with van der Waals surface area (Å²) in [4.78, 5) is 2.89. The fourth-order valence-corrected chi connectivity index (χ4v) is 2.42. The molecule has 1 aliphatic heterocycles. The van der Waals surface area contributed by atoms with Crippen LogP contribution in [0.4, 0.5) is 5.69 Å². The maximum atomic E-state index is 8.71. The largest absolute Gasteiger partial charge is 0.495 e. The molecule has 1 aromatic rings. The van der Waals surface area contributed by atoms with E-state index in [1.165, 1.54) is 0 Å². The first-order chi connectivity index (χ1) is 9.71. The maximum absolute atomic E-state index is 8.71. The lowest BCUT2D eigenvalue weighted by Crippen LogP contribution is -2.41. The Morgan fingerprint density at radius 2 is 1.81 bits per heavy atom. The Bertz CT molecular complexity index is 596. The van der Waals surface area contributed by atoms with Crippen LogP contribution >= 0.6 is 12.6 Å². The minimum Gasteiger partial charge on any atom is -0.399 e. The third kappa shape index (κ3) is 2.92. The standard InChI is InChI=1S/C14H20BN3O2S/c1-9-11(6-10(8-21)7-12(9)17-18-16)15-19-13(2,3)14(4,5)20-15/h6-7,21H,8H2,1-5H3. The molecule has 1 aliphatic rings. The normalized spacial score (nSPS) is 19.4. The van der Waals surface area contributed by atoms with Gasteiger partial charge in [0.05, 0.1) is 11.2 Å². The van der Waals surface area contributed by atoms with Crippen LogP contribution in [0.3, 0.4) is 0 Å². The average Bonchev–Trinajstić information content (AvgIpc) is 2.61. The molecule has 1 fully saturated rings. The van der Waals surface area contributed by atoms with Gasteiger partial charge < -0.3 is 9.31 Å². The van der Waals surface area contributed by atoms with E-state index in [1.54, 1.807) is 0 Å². The molecule has 21 heavy (non-hydrogen) atoms. The van der Waals surface area contributed by atoms with E-state index >= 15 is 0 Å². The van der Waals surface area contributed by atoms with Crippen LogP contribution in [0.1, 0.15) is 38.8 Å². The molecule has 0 aliphatic carbocycles. The van der Waals surface area contributed by atoms with Gasteiger partial charge in [0.1, 0.15) is 0 Å². The summed E-state index contributed by atoms with van der Waals surface area (Å²) in [5, 5.41) is 3.76. The molecule has 0 saturated carbocycles. The van der Waals surface area contributed by atoms with Gasteiger partial charge in [-0.3, -0.25) is 0 Å². The van der Waals surface area contributed by atoms with Crippen molar-refractivity contribution in [1.82, 2.24) is 0 Å². The van der Waals surface area contributed by atoms with Crippen molar-refractivity contribution in [2.24, 2.45) is 5.11 Å². The first-order valence-corrected chi connectivity index (χ1v) is 7.50. The summed E-state index contributed by atoms with van der Waals surface area (Å²) in [6.45, 7) is 9.96. The molecule has 1 aromatic carbocycles. The molecule has 0 bridgehead atoms. The highest BCUT2D eigenvalue weighted by Crippen LogP contribution is 2.37. The molecule has 0 amide bonds. The summed E-state index contributed by atoms with van der Waals surface area (Å²) in [6.07, 6.45) is 0. The van der Waals surface area contributed by atoms with E-state index in [0.717, 1.165) is 16.6 Å². The molecule has 0 atom stereocenters. The van der Waals surface area contributed by atoms with Crippen LogP contribution in [0.5, 0.6) is 0 Å². The van der Waals surface area contributed by atoms with Gasteiger partial charge >= 0.3 is 7.12 Å². The Kier molecular flexibility index (Phi) is 4.31. The molecule has 5 nitrogen and oxygen atoms in total. The van der Waals surface area contributed by atoms with Crippen LogP contribution in [0, 0.1) is 6.92 Å². The van der Waals surface area contributed by atoms with Crippen LogP contribution in [-0.2, 0) is 15.1 Å². The van der Waals surface area contributed by atoms with Crippen molar-refractivity contribution in [3.05, 3.63) is 33.7 Å². The van der Waals surface area contributed by atoms with Gasteiger partial charge in [0.15, 0.2) is 0 Å². The van der Waals surface area contributed by atoms with Crippen LogP contribution in [0.2, 0.25) is 0 Å². The molecule has 0 radical (unpaired) electrons. The summed E-state index contributed by atoms with van der Waals surface area (Å²) in [5.41, 5.74) is 11.2.